The molecule has 3 aromatic rings. The van der Waals surface area contributed by atoms with Crippen molar-refractivity contribution in [3.05, 3.63) is 51.9 Å². The van der Waals surface area contributed by atoms with Crippen LogP contribution in [0.3, 0.4) is 0 Å². The van der Waals surface area contributed by atoms with Gasteiger partial charge in [-0.2, -0.15) is 0 Å². The molecule has 0 aliphatic carbocycles. The molecule has 9 heteroatoms. The molecule has 1 saturated heterocycles. The number of imidazole rings is 1. The first-order valence-corrected chi connectivity index (χ1v) is 12.6. The van der Waals surface area contributed by atoms with E-state index in [1.165, 1.54) is 0 Å². The first-order valence-electron chi connectivity index (χ1n) is 12.6. The number of esters is 1. The zero-order valence-electron chi connectivity index (χ0n) is 21.7. The van der Waals surface area contributed by atoms with Crippen molar-refractivity contribution < 1.29 is 23.9 Å². The zero-order valence-corrected chi connectivity index (χ0v) is 21.7. The third-order valence-electron chi connectivity index (χ3n) is 6.59. The Morgan fingerprint density at radius 1 is 1.33 bits per heavy atom. The van der Waals surface area contributed by atoms with E-state index in [4.69, 9.17) is 9.47 Å². The van der Waals surface area contributed by atoms with Gasteiger partial charge >= 0.3 is 5.97 Å². The van der Waals surface area contributed by atoms with Crippen LogP contribution >= 0.6 is 0 Å². The van der Waals surface area contributed by atoms with Gasteiger partial charge in [-0.15, -0.1) is 0 Å². The Labute approximate surface area is 211 Å². The molecule has 1 aliphatic heterocycles. The van der Waals surface area contributed by atoms with E-state index >= 15 is 0 Å². The number of nitrogens with one attached hydrogen (secondary N) is 2. The Morgan fingerprint density at radius 2 is 2.11 bits per heavy atom. The highest BCUT2D eigenvalue weighted by Gasteiger charge is 2.28. The summed E-state index contributed by atoms with van der Waals surface area (Å²) < 4.78 is 14.8. The molecule has 1 unspecified atom stereocenters. The van der Waals surface area contributed by atoms with E-state index in [1.54, 1.807) is 32.4 Å². The summed E-state index contributed by atoms with van der Waals surface area (Å²) in [6.07, 6.45) is 1.72. The topological polar surface area (TPSA) is 109 Å². The van der Waals surface area contributed by atoms with Gasteiger partial charge in [0.1, 0.15) is 6.04 Å². The number of aryl methyl sites for hydroxylation is 2. The Bertz CT molecular complexity index is 1260. The van der Waals surface area contributed by atoms with Crippen LogP contribution in [0, 0.1) is 12.8 Å². The zero-order chi connectivity index (χ0) is 26.0. The van der Waals surface area contributed by atoms with Crippen LogP contribution in [0.4, 0.5) is 0 Å². The molecule has 4 rings (SSSR count). The lowest BCUT2D eigenvalue weighted by Gasteiger charge is -2.21. The lowest BCUT2D eigenvalue weighted by molar-refractivity contribution is -0.666. The molecule has 9 nitrogen and oxygen atoms in total. The van der Waals surface area contributed by atoms with Crippen LogP contribution in [0.5, 0.6) is 0 Å². The van der Waals surface area contributed by atoms with Crippen molar-refractivity contribution in [2.75, 3.05) is 13.2 Å². The molecular formula is C27H37N4O5+. The molecule has 0 spiro atoms. The number of ether oxygens (including phenoxy) is 2. The number of aliphatic hydroxyl groups is 1. The maximum absolute atomic E-state index is 12.4. The standard InChI is InChI=1S/C27H36N4O5/c1-16(2)36-27(34)24(18(4)32)28-12-19-6-7-22-23(11-19)31(13-20-8-9-35-15-20)25(29-22)21-10-17(3)26(33)30(5)14-21/h6-7,10-11,14,16,18,20,24,28,32H,8-9,12-13,15H2,1-5H3/p+1/t18-,20?,24+/m1/s1. The summed E-state index contributed by atoms with van der Waals surface area (Å²) in [5.41, 5.74) is 4.60. The van der Waals surface area contributed by atoms with Gasteiger partial charge in [-0.05, 0) is 57.9 Å². The maximum Gasteiger partial charge on any atom is 0.326 e. The molecule has 0 amide bonds. The highest BCUT2D eigenvalue weighted by atomic mass is 16.5. The second-order valence-corrected chi connectivity index (χ2v) is 10.1. The van der Waals surface area contributed by atoms with E-state index in [1.807, 2.05) is 31.3 Å². The Balaban J connectivity index is 1.69. The fraction of sp³-hybridized carbons (Fsp3) is 0.519. The highest BCUT2D eigenvalue weighted by molar-refractivity contribution is 5.77. The number of aromatic amines is 1. The van der Waals surface area contributed by atoms with Crippen LogP contribution in [0.2, 0.25) is 0 Å². The van der Waals surface area contributed by atoms with Gasteiger partial charge in [0.25, 0.3) is 11.4 Å². The van der Waals surface area contributed by atoms with Gasteiger partial charge in [0, 0.05) is 37.9 Å². The predicted octanol–water partition coefficient (Wildman–Crippen LogP) is 1.96. The van der Waals surface area contributed by atoms with E-state index in [9.17, 15) is 14.7 Å². The number of benzene rings is 1. The van der Waals surface area contributed by atoms with Crippen molar-refractivity contribution in [1.82, 2.24) is 14.9 Å². The van der Waals surface area contributed by atoms with E-state index in [0.29, 0.717) is 18.0 Å². The first-order chi connectivity index (χ1) is 17.1. The number of carbonyl (C=O) groups excluding carboxylic acids is 1. The Kier molecular flexibility index (Phi) is 7.92. The molecule has 3 N–H and O–H groups in total. The molecule has 194 valence electrons. The number of carbonyl (C=O) groups is 1. The largest absolute Gasteiger partial charge is 0.462 e. The quantitative estimate of drug-likeness (QED) is 0.308. The van der Waals surface area contributed by atoms with Crippen LogP contribution in [-0.2, 0) is 34.4 Å². The summed E-state index contributed by atoms with van der Waals surface area (Å²) >= 11 is 0. The van der Waals surface area contributed by atoms with E-state index in [-0.39, 0.29) is 11.7 Å². The van der Waals surface area contributed by atoms with Gasteiger partial charge in [0.15, 0.2) is 11.0 Å². The van der Waals surface area contributed by atoms with E-state index in [0.717, 1.165) is 54.2 Å². The third kappa shape index (κ3) is 5.69. The Morgan fingerprint density at radius 3 is 2.75 bits per heavy atom. The summed E-state index contributed by atoms with van der Waals surface area (Å²) in [6.45, 7) is 9.65. The Hall–Kier alpha value is -3.01. The summed E-state index contributed by atoms with van der Waals surface area (Å²) in [4.78, 5) is 28.3. The van der Waals surface area contributed by atoms with Crippen LogP contribution in [0.1, 0.15) is 38.3 Å². The fourth-order valence-electron chi connectivity index (χ4n) is 4.73. The number of aromatic nitrogens is 3. The molecular weight excluding hydrogens is 460 g/mol. The molecule has 0 radical (unpaired) electrons. The fourth-order valence-corrected chi connectivity index (χ4v) is 4.73. The summed E-state index contributed by atoms with van der Waals surface area (Å²) in [6, 6.07) is 7.22. The van der Waals surface area contributed by atoms with Crippen LogP contribution in [0.15, 0.2) is 35.3 Å². The summed E-state index contributed by atoms with van der Waals surface area (Å²) in [5, 5.41) is 13.3. The number of fused-ring (bicyclic) bond motifs is 1. The monoisotopic (exact) mass is 497 g/mol. The minimum Gasteiger partial charge on any atom is -0.462 e. The van der Waals surface area contributed by atoms with Crippen molar-refractivity contribution in [3.8, 4) is 11.4 Å². The van der Waals surface area contributed by atoms with Gasteiger partial charge in [-0.1, -0.05) is 6.07 Å². The predicted molar refractivity (Wildman–Crippen MR) is 136 cm³/mol. The van der Waals surface area contributed by atoms with Crippen LogP contribution in [0.25, 0.3) is 22.4 Å². The molecule has 1 aliphatic rings. The summed E-state index contributed by atoms with van der Waals surface area (Å²) in [7, 11) is 1.77. The average molecular weight is 498 g/mol. The van der Waals surface area contributed by atoms with Crippen molar-refractivity contribution in [1.29, 1.82) is 0 Å². The lowest BCUT2D eigenvalue weighted by atomic mass is 10.1. The number of nitrogens with zero attached hydrogens (tertiary/aromatic N) is 2. The smallest absolute Gasteiger partial charge is 0.326 e. The van der Waals surface area contributed by atoms with Crippen molar-refractivity contribution >= 4 is 17.0 Å². The van der Waals surface area contributed by atoms with E-state index in [2.05, 4.69) is 20.9 Å². The molecule has 3 atom stereocenters. The number of hydrogen-bond donors (Lipinski definition) is 3. The molecule has 3 heterocycles. The molecule has 36 heavy (non-hydrogen) atoms. The first kappa shape index (κ1) is 26.1. The van der Waals surface area contributed by atoms with Crippen molar-refractivity contribution in [2.45, 2.75) is 65.5 Å². The van der Waals surface area contributed by atoms with Gasteiger partial charge < -0.3 is 19.1 Å². The third-order valence-corrected chi connectivity index (χ3v) is 6.59. The molecule has 1 fully saturated rings. The van der Waals surface area contributed by atoms with Crippen LogP contribution < -0.4 is 15.4 Å². The lowest BCUT2D eigenvalue weighted by Crippen LogP contribution is -2.46. The number of rotatable bonds is 9. The number of pyridine rings is 1. The maximum atomic E-state index is 12.4. The second kappa shape index (κ2) is 10.9. The number of H-pyrrole nitrogens is 1. The van der Waals surface area contributed by atoms with Gasteiger partial charge in [0.2, 0.25) is 0 Å². The number of hydrogen-bond acceptors (Lipinski definition) is 6. The second-order valence-electron chi connectivity index (χ2n) is 10.1. The number of aliphatic hydroxyl groups excluding tert-OH is 1. The van der Waals surface area contributed by atoms with Gasteiger partial charge in [-0.3, -0.25) is 14.9 Å². The van der Waals surface area contributed by atoms with Gasteiger partial charge in [0.05, 0.1) is 30.9 Å². The van der Waals surface area contributed by atoms with Gasteiger partial charge in [-0.25, -0.2) is 9.55 Å². The molecule has 0 saturated carbocycles. The molecule has 0 bridgehead atoms. The molecule has 2 aromatic heterocycles. The SMILES string of the molecule is Cc1cc(-c2[nH]c3ccc(CN[C@H](C(=O)OC(C)C)[C@@H](C)O)cc3[n+]2CC2CCOC2)cn(C)c1=O. The van der Waals surface area contributed by atoms with Crippen molar-refractivity contribution in [2.24, 2.45) is 13.0 Å². The van der Waals surface area contributed by atoms with E-state index < -0.39 is 18.1 Å². The summed E-state index contributed by atoms with van der Waals surface area (Å²) in [5.74, 6) is 0.864. The average Bonchev–Trinajstić information content (AvgIpc) is 3.45. The normalized spacial score (nSPS) is 17.6. The van der Waals surface area contributed by atoms with Crippen molar-refractivity contribution in [3.63, 3.8) is 0 Å². The highest BCUT2D eigenvalue weighted by Crippen LogP contribution is 2.22. The molecule has 1 aromatic carbocycles. The van der Waals surface area contributed by atoms with Crippen LogP contribution in [-0.4, -0.2) is 52.1 Å². The minimum absolute atomic E-state index is 0.0115. The minimum atomic E-state index is -0.890.